The lowest BCUT2D eigenvalue weighted by Crippen LogP contribution is -2.61. The minimum atomic E-state index is -0.278. The maximum atomic E-state index is 12.1. The summed E-state index contributed by atoms with van der Waals surface area (Å²) in [7, 11) is 0. The molecular formula is C17H34N2O2S. The van der Waals surface area contributed by atoms with Crippen LogP contribution in [0.25, 0.3) is 0 Å². The summed E-state index contributed by atoms with van der Waals surface area (Å²) >= 11 is 0. The Labute approximate surface area is 143 Å². The number of hydrogen-bond donors (Lipinski definition) is 0. The van der Waals surface area contributed by atoms with Gasteiger partial charge in [0.1, 0.15) is 6.10 Å². The van der Waals surface area contributed by atoms with Crippen molar-refractivity contribution in [2.75, 3.05) is 32.7 Å². The molecular weight excluding hydrogens is 296 g/mol. The van der Waals surface area contributed by atoms with Crippen molar-refractivity contribution in [2.45, 2.75) is 65.6 Å². The van der Waals surface area contributed by atoms with E-state index in [1.807, 2.05) is 11.8 Å². The fraction of sp³-hybridized carbons (Fsp3) is 0.941. The van der Waals surface area contributed by atoms with Crippen LogP contribution in [-0.4, -0.2) is 60.1 Å². The van der Waals surface area contributed by atoms with Gasteiger partial charge in [-0.1, -0.05) is 20.8 Å². The minimum Gasteiger partial charge on any atom is -0.360 e. The van der Waals surface area contributed by atoms with E-state index in [1.165, 1.54) is 13.0 Å². The standard InChI is InChI=1S/C17H32N2O2.H2S/c1-6-19-13-17(21-14(2)15(19)20)8-11-18(12-9-17)10-7-16(3,4)5;/h14H,6-13H2,1-5H3;1H2/t14-;/m0./s1. The molecule has 22 heavy (non-hydrogen) atoms. The van der Waals surface area contributed by atoms with Crippen molar-refractivity contribution in [3.63, 3.8) is 0 Å². The number of carbonyl (C=O) groups excluding carboxylic acids is 1. The monoisotopic (exact) mass is 330 g/mol. The molecule has 0 aromatic heterocycles. The van der Waals surface area contributed by atoms with Gasteiger partial charge in [0.2, 0.25) is 0 Å². The number of rotatable bonds is 3. The second-order valence-corrected chi connectivity index (χ2v) is 7.95. The molecule has 2 aliphatic heterocycles. The van der Waals surface area contributed by atoms with Crippen LogP contribution in [-0.2, 0) is 9.53 Å². The maximum Gasteiger partial charge on any atom is 0.251 e. The van der Waals surface area contributed by atoms with Crippen molar-refractivity contribution in [3.05, 3.63) is 0 Å². The lowest BCUT2D eigenvalue weighted by atomic mass is 9.87. The summed E-state index contributed by atoms with van der Waals surface area (Å²) < 4.78 is 6.13. The van der Waals surface area contributed by atoms with Gasteiger partial charge in [0.15, 0.2) is 0 Å². The number of piperidine rings is 1. The molecule has 2 rings (SSSR count). The van der Waals surface area contributed by atoms with Gasteiger partial charge in [-0.15, -0.1) is 0 Å². The van der Waals surface area contributed by atoms with E-state index < -0.39 is 0 Å². The largest absolute Gasteiger partial charge is 0.360 e. The Hall–Kier alpha value is -0.260. The molecule has 0 aromatic rings. The van der Waals surface area contributed by atoms with Crippen LogP contribution in [0, 0.1) is 5.41 Å². The molecule has 4 nitrogen and oxygen atoms in total. The van der Waals surface area contributed by atoms with Gasteiger partial charge in [-0.05, 0) is 45.1 Å². The fourth-order valence-electron chi connectivity index (χ4n) is 3.37. The third kappa shape index (κ3) is 4.87. The van der Waals surface area contributed by atoms with E-state index >= 15 is 0 Å². The van der Waals surface area contributed by atoms with Gasteiger partial charge in [0.25, 0.3) is 5.91 Å². The van der Waals surface area contributed by atoms with Gasteiger partial charge >= 0.3 is 0 Å². The highest BCUT2D eigenvalue weighted by molar-refractivity contribution is 7.59. The van der Waals surface area contributed by atoms with E-state index in [1.54, 1.807) is 0 Å². The molecule has 1 amide bonds. The number of carbonyl (C=O) groups is 1. The summed E-state index contributed by atoms with van der Waals surface area (Å²) in [6.07, 6.45) is 3.05. The van der Waals surface area contributed by atoms with E-state index in [-0.39, 0.29) is 31.1 Å². The molecule has 0 bridgehead atoms. The van der Waals surface area contributed by atoms with Gasteiger partial charge in [-0.3, -0.25) is 4.79 Å². The van der Waals surface area contributed by atoms with Crippen LogP contribution in [0.4, 0.5) is 0 Å². The van der Waals surface area contributed by atoms with Gasteiger partial charge in [-0.25, -0.2) is 0 Å². The van der Waals surface area contributed by atoms with Crippen LogP contribution in [0.2, 0.25) is 0 Å². The molecule has 2 heterocycles. The molecule has 0 aromatic carbocycles. The molecule has 1 spiro atoms. The van der Waals surface area contributed by atoms with Crippen molar-refractivity contribution in [2.24, 2.45) is 5.41 Å². The Bertz CT molecular complexity index is 373. The Kier molecular flexibility index (Phi) is 6.78. The van der Waals surface area contributed by atoms with Crippen molar-refractivity contribution in [1.29, 1.82) is 0 Å². The zero-order valence-corrected chi connectivity index (χ0v) is 15.9. The number of morpholine rings is 1. The first-order valence-electron chi connectivity index (χ1n) is 8.44. The lowest BCUT2D eigenvalue weighted by Gasteiger charge is -2.49. The Morgan fingerprint density at radius 2 is 1.86 bits per heavy atom. The first kappa shape index (κ1) is 19.8. The molecule has 1 atom stereocenters. The van der Waals surface area contributed by atoms with Gasteiger partial charge in [0, 0.05) is 26.2 Å². The summed E-state index contributed by atoms with van der Waals surface area (Å²) in [4.78, 5) is 16.6. The average molecular weight is 331 g/mol. The molecule has 0 aliphatic carbocycles. The molecule has 0 unspecified atom stereocenters. The number of likely N-dealkylation sites (tertiary alicyclic amines) is 1. The van der Waals surface area contributed by atoms with Crippen LogP contribution in [0.1, 0.15) is 53.9 Å². The van der Waals surface area contributed by atoms with Gasteiger partial charge in [0.05, 0.1) is 5.60 Å². The molecule has 0 saturated carbocycles. The third-order valence-corrected chi connectivity index (χ3v) is 4.89. The van der Waals surface area contributed by atoms with Gasteiger partial charge < -0.3 is 14.5 Å². The van der Waals surface area contributed by atoms with Crippen LogP contribution in [0.5, 0.6) is 0 Å². The van der Waals surface area contributed by atoms with E-state index in [4.69, 9.17) is 4.74 Å². The van der Waals surface area contributed by atoms with E-state index in [9.17, 15) is 4.79 Å². The number of nitrogens with zero attached hydrogens (tertiary/aromatic N) is 2. The lowest BCUT2D eigenvalue weighted by molar-refractivity contribution is -0.189. The highest BCUT2D eigenvalue weighted by atomic mass is 32.1. The number of amides is 1. The Morgan fingerprint density at radius 1 is 1.27 bits per heavy atom. The van der Waals surface area contributed by atoms with Crippen LogP contribution < -0.4 is 0 Å². The molecule has 130 valence electrons. The first-order chi connectivity index (χ1) is 9.75. The second kappa shape index (κ2) is 7.54. The predicted molar refractivity (Wildman–Crippen MR) is 95.7 cm³/mol. The van der Waals surface area contributed by atoms with Crippen molar-refractivity contribution >= 4 is 19.4 Å². The molecule has 0 radical (unpaired) electrons. The number of likely N-dealkylation sites (N-methyl/N-ethyl adjacent to an activating group) is 1. The minimum absolute atomic E-state index is 0. The Balaban J connectivity index is 0.00000242. The van der Waals surface area contributed by atoms with Crippen LogP contribution >= 0.6 is 13.5 Å². The van der Waals surface area contributed by atoms with Gasteiger partial charge in [-0.2, -0.15) is 13.5 Å². The van der Waals surface area contributed by atoms with E-state index in [0.29, 0.717) is 5.41 Å². The summed E-state index contributed by atoms with van der Waals surface area (Å²) in [5.74, 6) is 0.151. The van der Waals surface area contributed by atoms with Crippen molar-refractivity contribution in [1.82, 2.24) is 9.80 Å². The summed E-state index contributed by atoms with van der Waals surface area (Å²) in [5, 5.41) is 0. The summed E-state index contributed by atoms with van der Waals surface area (Å²) in [6, 6.07) is 0. The first-order valence-corrected chi connectivity index (χ1v) is 8.44. The third-order valence-electron chi connectivity index (χ3n) is 4.89. The zero-order valence-electron chi connectivity index (χ0n) is 14.9. The second-order valence-electron chi connectivity index (χ2n) is 7.95. The molecule has 2 fully saturated rings. The number of ether oxygens (including phenoxy) is 1. The average Bonchev–Trinajstić information content (AvgIpc) is 2.41. The maximum absolute atomic E-state index is 12.1. The molecule has 2 saturated heterocycles. The van der Waals surface area contributed by atoms with Crippen molar-refractivity contribution < 1.29 is 9.53 Å². The molecule has 0 N–H and O–H groups in total. The molecule has 5 heteroatoms. The summed E-state index contributed by atoms with van der Waals surface area (Å²) in [5.41, 5.74) is 0.304. The Morgan fingerprint density at radius 3 is 2.36 bits per heavy atom. The quantitative estimate of drug-likeness (QED) is 0.797. The number of hydrogen-bond acceptors (Lipinski definition) is 3. The topological polar surface area (TPSA) is 32.8 Å². The van der Waals surface area contributed by atoms with E-state index in [0.717, 1.165) is 39.0 Å². The predicted octanol–water partition coefficient (Wildman–Crippen LogP) is 2.64. The fourth-order valence-corrected chi connectivity index (χ4v) is 3.37. The summed E-state index contributed by atoms with van der Waals surface area (Å²) in [6.45, 7) is 15.8. The van der Waals surface area contributed by atoms with Crippen LogP contribution in [0.3, 0.4) is 0 Å². The highest BCUT2D eigenvalue weighted by Gasteiger charge is 2.44. The smallest absolute Gasteiger partial charge is 0.251 e. The SMILES string of the molecule is CCN1CC2(CCN(CCC(C)(C)C)CC2)O[C@@H](C)C1=O.S. The zero-order chi connectivity index (χ0) is 15.7. The van der Waals surface area contributed by atoms with Crippen LogP contribution in [0.15, 0.2) is 0 Å². The molecule has 2 aliphatic rings. The highest BCUT2D eigenvalue weighted by Crippen LogP contribution is 2.33. The van der Waals surface area contributed by atoms with E-state index in [2.05, 4.69) is 32.6 Å². The van der Waals surface area contributed by atoms with Crippen molar-refractivity contribution in [3.8, 4) is 0 Å². The normalized spacial score (nSPS) is 26.1.